The molecular weight excluding hydrogens is 211 g/mol. The van der Waals surface area contributed by atoms with E-state index < -0.39 is 26.1 Å². The summed E-state index contributed by atoms with van der Waals surface area (Å²) in [5.41, 5.74) is 0. The first-order valence-corrected chi connectivity index (χ1v) is 5.35. The highest BCUT2D eigenvalue weighted by atomic mass is 31.1. The average Bonchev–Trinajstić information content (AvgIpc) is 2.14. The Hall–Kier alpha value is -0.870. The molecule has 0 aromatic heterocycles. The Labute approximate surface area is 82.4 Å². The molecule has 0 amide bonds. The number of ether oxygens (including phenoxy) is 2. The molecule has 0 saturated carbocycles. The van der Waals surface area contributed by atoms with Gasteiger partial charge in [-0.25, -0.2) is 4.79 Å². The maximum absolute atomic E-state index is 11.0. The van der Waals surface area contributed by atoms with Crippen LogP contribution in [0.5, 0.6) is 0 Å². The number of hydrogen-bond donors (Lipinski definition) is 0. The Morgan fingerprint density at radius 1 is 1.36 bits per heavy atom. The maximum Gasteiger partial charge on any atom is 0.347 e. The Bertz CT molecular complexity index is 238. The molecule has 0 bridgehead atoms. The van der Waals surface area contributed by atoms with E-state index in [-0.39, 0.29) is 6.16 Å². The van der Waals surface area contributed by atoms with Crippen LogP contribution < -0.4 is 0 Å². The zero-order chi connectivity index (χ0) is 11.1. The lowest BCUT2D eigenvalue weighted by Gasteiger charge is -2.13. The van der Waals surface area contributed by atoms with E-state index in [1.807, 2.05) is 0 Å². The predicted octanol–water partition coefficient (Wildman–Crippen LogP) is 0.212. The van der Waals surface area contributed by atoms with Crippen molar-refractivity contribution in [3.63, 3.8) is 0 Å². The number of carbonyl (C=O) groups is 2. The van der Waals surface area contributed by atoms with Crippen LogP contribution in [0.25, 0.3) is 0 Å². The molecule has 2 atom stereocenters. The summed E-state index contributed by atoms with van der Waals surface area (Å²) < 4.78 is 24.5. The van der Waals surface area contributed by atoms with Gasteiger partial charge in [-0.05, 0) is 0 Å². The van der Waals surface area contributed by atoms with Crippen molar-refractivity contribution in [2.45, 2.75) is 13.0 Å². The van der Waals surface area contributed by atoms with Crippen LogP contribution in [-0.2, 0) is 28.2 Å². The van der Waals surface area contributed by atoms with Gasteiger partial charge in [-0.15, -0.1) is 0 Å². The monoisotopic (exact) mass is 224 g/mol. The fourth-order valence-corrected chi connectivity index (χ4v) is 1.46. The van der Waals surface area contributed by atoms with Crippen LogP contribution in [0.3, 0.4) is 0 Å². The van der Waals surface area contributed by atoms with Crippen molar-refractivity contribution in [1.29, 1.82) is 0 Å². The molecule has 0 radical (unpaired) electrons. The SMILES string of the molecule is COC(=O)C(C[PH](=O)OC)OC(C)=O. The number of methoxy groups -OCH3 is 1. The third-order valence-corrected chi connectivity index (χ3v) is 2.51. The van der Waals surface area contributed by atoms with Gasteiger partial charge < -0.3 is 14.0 Å². The van der Waals surface area contributed by atoms with Gasteiger partial charge in [-0.3, -0.25) is 9.36 Å². The molecule has 82 valence electrons. The van der Waals surface area contributed by atoms with E-state index in [2.05, 4.69) is 14.0 Å². The molecule has 0 rings (SSSR count). The van der Waals surface area contributed by atoms with Gasteiger partial charge in [0.1, 0.15) is 0 Å². The van der Waals surface area contributed by atoms with Gasteiger partial charge >= 0.3 is 11.9 Å². The molecular formula is C7H13O6P. The maximum atomic E-state index is 11.0. The van der Waals surface area contributed by atoms with E-state index in [1.165, 1.54) is 7.11 Å². The van der Waals surface area contributed by atoms with Crippen molar-refractivity contribution in [3.8, 4) is 0 Å². The lowest BCUT2D eigenvalue weighted by atomic mass is 10.4. The van der Waals surface area contributed by atoms with Crippen LogP contribution in [0, 0.1) is 0 Å². The third-order valence-electron chi connectivity index (χ3n) is 1.35. The summed E-state index contributed by atoms with van der Waals surface area (Å²) >= 11 is 0. The molecule has 0 aromatic carbocycles. The molecule has 14 heavy (non-hydrogen) atoms. The van der Waals surface area contributed by atoms with Gasteiger partial charge in [0.2, 0.25) is 6.10 Å². The summed E-state index contributed by atoms with van der Waals surface area (Å²) in [6, 6.07) is 0. The van der Waals surface area contributed by atoms with Crippen molar-refractivity contribution in [1.82, 2.24) is 0 Å². The molecule has 6 nitrogen and oxygen atoms in total. The summed E-state index contributed by atoms with van der Waals surface area (Å²) in [6.07, 6.45) is -1.31. The van der Waals surface area contributed by atoms with E-state index in [9.17, 15) is 14.2 Å². The summed E-state index contributed by atoms with van der Waals surface area (Å²) in [7, 11) is 0.0536. The number of esters is 2. The Balaban J connectivity index is 4.31. The van der Waals surface area contributed by atoms with Gasteiger partial charge in [0.15, 0.2) is 8.03 Å². The topological polar surface area (TPSA) is 78.9 Å². The third kappa shape index (κ3) is 4.99. The Kier molecular flexibility index (Phi) is 6.16. The predicted molar refractivity (Wildman–Crippen MR) is 48.4 cm³/mol. The minimum absolute atomic E-state index is 0.159. The highest BCUT2D eigenvalue weighted by Crippen LogP contribution is 2.22. The van der Waals surface area contributed by atoms with E-state index in [4.69, 9.17) is 0 Å². The summed E-state index contributed by atoms with van der Waals surface area (Å²) in [6.45, 7) is 1.15. The fourth-order valence-electron chi connectivity index (χ4n) is 0.740. The van der Waals surface area contributed by atoms with Gasteiger partial charge in [0.25, 0.3) is 0 Å². The molecule has 0 aromatic rings. The van der Waals surface area contributed by atoms with Crippen LogP contribution >= 0.6 is 8.03 Å². The first-order chi connectivity index (χ1) is 6.51. The average molecular weight is 224 g/mol. The fraction of sp³-hybridized carbons (Fsp3) is 0.714. The first kappa shape index (κ1) is 13.1. The van der Waals surface area contributed by atoms with Crippen LogP contribution in [-0.4, -0.2) is 38.4 Å². The smallest absolute Gasteiger partial charge is 0.347 e. The molecule has 0 spiro atoms. The van der Waals surface area contributed by atoms with Crippen molar-refractivity contribution < 1.29 is 28.2 Å². The minimum atomic E-state index is -2.36. The summed E-state index contributed by atoms with van der Waals surface area (Å²) in [5, 5.41) is 0. The second-order valence-electron chi connectivity index (χ2n) is 2.40. The second-order valence-corrected chi connectivity index (χ2v) is 3.96. The van der Waals surface area contributed by atoms with Gasteiger partial charge in [-0.1, -0.05) is 0 Å². The number of hydrogen-bond acceptors (Lipinski definition) is 6. The van der Waals surface area contributed by atoms with E-state index in [0.29, 0.717) is 0 Å². The van der Waals surface area contributed by atoms with E-state index in [1.54, 1.807) is 0 Å². The highest BCUT2D eigenvalue weighted by molar-refractivity contribution is 7.39. The van der Waals surface area contributed by atoms with E-state index >= 15 is 0 Å². The summed E-state index contributed by atoms with van der Waals surface area (Å²) in [5.74, 6) is -1.37. The van der Waals surface area contributed by atoms with Crippen molar-refractivity contribution in [2.24, 2.45) is 0 Å². The van der Waals surface area contributed by atoms with Crippen molar-refractivity contribution >= 4 is 20.0 Å². The van der Waals surface area contributed by atoms with Gasteiger partial charge in [0.05, 0.1) is 13.3 Å². The Morgan fingerprint density at radius 2 is 1.93 bits per heavy atom. The zero-order valence-corrected chi connectivity index (χ0v) is 9.23. The van der Waals surface area contributed by atoms with Crippen molar-refractivity contribution in [3.05, 3.63) is 0 Å². The van der Waals surface area contributed by atoms with Crippen LogP contribution in [0.4, 0.5) is 0 Å². The van der Waals surface area contributed by atoms with E-state index in [0.717, 1.165) is 14.0 Å². The largest absolute Gasteiger partial charge is 0.466 e. The molecule has 2 unspecified atom stereocenters. The lowest BCUT2D eigenvalue weighted by molar-refractivity contribution is -0.163. The molecule has 0 N–H and O–H groups in total. The van der Waals surface area contributed by atoms with Crippen LogP contribution in [0.15, 0.2) is 0 Å². The normalized spacial score (nSPS) is 14.2. The quantitative estimate of drug-likeness (QED) is 0.490. The molecule has 0 aliphatic heterocycles. The molecule has 0 aliphatic rings. The van der Waals surface area contributed by atoms with Gasteiger partial charge in [0, 0.05) is 14.0 Å². The van der Waals surface area contributed by atoms with Crippen molar-refractivity contribution in [2.75, 3.05) is 20.4 Å². The van der Waals surface area contributed by atoms with Crippen LogP contribution in [0.2, 0.25) is 0 Å². The number of rotatable bonds is 5. The van der Waals surface area contributed by atoms with Gasteiger partial charge in [-0.2, -0.15) is 0 Å². The Morgan fingerprint density at radius 3 is 2.29 bits per heavy atom. The first-order valence-electron chi connectivity index (χ1n) is 3.83. The number of carbonyl (C=O) groups excluding carboxylic acids is 2. The summed E-state index contributed by atoms with van der Waals surface area (Å²) in [4.78, 5) is 21.6. The highest BCUT2D eigenvalue weighted by Gasteiger charge is 2.24. The molecule has 0 aliphatic carbocycles. The molecule has 0 fully saturated rings. The molecule has 0 heterocycles. The molecule has 0 saturated heterocycles. The second kappa shape index (κ2) is 6.56. The van der Waals surface area contributed by atoms with Crippen LogP contribution in [0.1, 0.15) is 6.92 Å². The lowest BCUT2D eigenvalue weighted by Crippen LogP contribution is -2.29. The molecule has 7 heteroatoms. The zero-order valence-electron chi connectivity index (χ0n) is 8.23. The minimum Gasteiger partial charge on any atom is -0.466 e. The standard InChI is InChI=1S/C7H13O6P/c1-5(8)13-6(7(9)11-2)4-14(10)12-3/h6,14H,4H2,1-3H3.